The summed E-state index contributed by atoms with van der Waals surface area (Å²) in [6.45, 7) is 1.99. The molecule has 88 valence electrons. The number of ether oxygens (including phenoxy) is 1. The van der Waals surface area contributed by atoms with Crippen LogP contribution in [0.1, 0.15) is 5.56 Å². The number of nitrogen functional groups attached to an aromatic ring is 2. The first kappa shape index (κ1) is 11.8. The van der Waals surface area contributed by atoms with E-state index < -0.39 is 0 Å². The van der Waals surface area contributed by atoms with E-state index in [0.717, 1.165) is 15.8 Å². The molecule has 0 bridgehead atoms. The fraction of sp³-hybridized carbons (Fsp3) is 0.0769. The molecule has 0 aromatic heterocycles. The Labute approximate surface area is 109 Å². The molecule has 17 heavy (non-hydrogen) atoms. The van der Waals surface area contributed by atoms with Gasteiger partial charge in [0.1, 0.15) is 11.5 Å². The first-order chi connectivity index (χ1) is 8.06. The number of benzene rings is 2. The van der Waals surface area contributed by atoms with E-state index in [1.54, 1.807) is 18.2 Å². The monoisotopic (exact) mass is 292 g/mol. The molecule has 0 amide bonds. The van der Waals surface area contributed by atoms with Gasteiger partial charge in [-0.05, 0) is 42.8 Å². The number of nitrogens with two attached hydrogens (primary N) is 2. The molecule has 0 heterocycles. The largest absolute Gasteiger partial charge is 0.457 e. The molecule has 0 atom stereocenters. The maximum Gasteiger partial charge on any atom is 0.130 e. The van der Waals surface area contributed by atoms with Crippen molar-refractivity contribution >= 4 is 27.3 Å². The lowest BCUT2D eigenvalue weighted by atomic mass is 10.2. The fourth-order valence-electron chi connectivity index (χ4n) is 1.47. The predicted molar refractivity (Wildman–Crippen MR) is 74.2 cm³/mol. The molecular weight excluding hydrogens is 280 g/mol. The highest BCUT2D eigenvalue weighted by Crippen LogP contribution is 2.29. The maximum atomic E-state index is 5.74. The van der Waals surface area contributed by atoms with E-state index in [9.17, 15) is 0 Å². The van der Waals surface area contributed by atoms with Gasteiger partial charge in [-0.15, -0.1) is 0 Å². The summed E-state index contributed by atoms with van der Waals surface area (Å²) in [5, 5.41) is 0. The molecule has 2 aromatic carbocycles. The van der Waals surface area contributed by atoms with Crippen LogP contribution in [0, 0.1) is 6.92 Å². The topological polar surface area (TPSA) is 61.3 Å². The van der Waals surface area contributed by atoms with Crippen LogP contribution in [0.15, 0.2) is 40.9 Å². The van der Waals surface area contributed by atoms with Crippen molar-refractivity contribution < 1.29 is 4.74 Å². The van der Waals surface area contributed by atoms with E-state index in [-0.39, 0.29) is 0 Å². The Morgan fingerprint density at radius 1 is 1.00 bits per heavy atom. The van der Waals surface area contributed by atoms with Gasteiger partial charge in [0.05, 0.1) is 11.4 Å². The Hall–Kier alpha value is -1.68. The maximum absolute atomic E-state index is 5.74. The number of anilines is 2. The van der Waals surface area contributed by atoms with E-state index in [0.29, 0.717) is 17.1 Å². The van der Waals surface area contributed by atoms with E-state index in [1.165, 1.54) is 0 Å². The zero-order valence-corrected chi connectivity index (χ0v) is 11.0. The van der Waals surface area contributed by atoms with Crippen LogP contribution in [0.5, 0.6) is 11.5 Å². The summed E-state index contributed by atoms with van der Waals surface area (Å²) in [7, 11) is 0. The van der Waals surface area contributed by atoms with Crippen molar-refractivity contribution in [3.05, 3.63) is 46.4 Å². The van der Waals surface area contributed by atoms with Crippen LogP contribution < -0.4 is 16.2 Å². The number of hydrogen-bond acceptors (Lipinski definition) is 3. The lowest BCUT2D eigenvalue weighted by molar-refractivity contribution is 0.479. The summed E-state index contributed by atoms with van der Waals surface area (Å²) in [5.41, 5.74) is 13.5. The van der Waals surface area contributed by atoms with E-state index >= 15 is 0 Å². The summed E-state index contributed by atoms with van der Waals surface area (Å²) in [4.78, 5) is 0. The van der Waals surface area contributed by atoms with Crippen LogP contribution in [0.4, 0.5) is 11.4 Å². The number of hydrogen-bond donors (Lipinski definition) is 2. The molecule has 0 fully saturated rings. The van der Waals surface area contributed by atoms with Gasteiger partial charge < -0.3 is 16.2 Å². The van der Waals surface area contributed by atoms with Gasteiger partial charge in [-0.3, -0.25) is 0 Å². The molecule has 4 N–H and O–H groups in total. The number of aryl methyl sites for hydroxylation is 1. The summed E-state index contributed by atoms with van der Waals surface area (Å²) in [6.07, 6.45) is 0. The van der Waals surface area contributed by atoms with Crippen molar-refractivity contribution in [2.24, 2.45) is 0 Å². The Morgan fingerprint density at radius 2 is 1.76 bits per heavy atom. The summed E-state index contributed by atoms with van der Waals surface area (Å²) in [6, 6.07) is 11.1. The molecule has 0 aliphatic carbocycles. The molecule has 0 unspecified atom stereocenters. The first-order valence-corrected chi connectivity index (χ1v) is 5.94. The van der Waals surface area contributed by atoms with Crippen molar-refractivity contribution in [1.29, 1.82) is 0 Å². The smallest absolute Gasteiger partial charge is 0.130 e. The van der Waals surface area contributed by atoms with Crippen molar-refractivity contribution in [2.75, 3.05) is 11.5 Å². The summed E-state index contributed by atoms with van der Waals surface area (Å²) >= 11 is 3.41. The second kappa shape index (κ2) is 4.67. The van der Waals surface area contributed by atoms with Gasteiger partial charge in [-0.2, -0.15) is 0 Å². The molecule has 0 spiro atoms. The quantitative estimate of drug-likeness (QED) is 0.830. The second-order valence-electron chi connectivity index (χ2n) is 3.80. The zero-order chi connectivity index (χ0) is 12.4. The van der Waals surface area contributed by atoms with E-state index in [2.05, 4.69) is 15.9 Å². The van der Waals surface area contributed by atoms with Gasteiger partial charge in [-0.1, -0.05) is 15.9 Å². The van der Waals surface area contributed by atoms with Crippen LogP contribution in [-0.4, -0.2) is 0 Å². The lowest BCUT2D eigenvalue weighted by Crippen LogP contribution is -1.95. The predicted octanol–water partition coefficient (Wildman–Crippen LogP) is 3.71. The molecule has 4 heteroatoms. The Bertz CT molecular complexity index is 555. The SMILES string of the molecule is Cc1cc(Br)ccc1Oc1ccc(N)c(N)c1. The van der Waals surface area contributed by atoms with Gasteiger partial charge >= 0.3 is 0 Å². The third-order valence-corrected chi connectivity index (χ3v) is 2.92. The Balaban J connectivity index is 2.28. The lowest BCUT2D eigenvalue weighted by Gasteiger charge is -2.10. The Morgan fingerprint density at radius 3 is 2.41 bits per heavy atom. The highest BCUT2D eigenvalue weighted by atomic mass is 79.9. The summed E-state index contributed by atoms with van der Waals surface area (Å²) < 4.78 is 6.77. The minimum Gasteiger partial charge on any atom is -0.457 e. The van der Waals surface area contributed by atoms with Gasteiger partial charge in [0, 0.05) is 10.5 Å². The van der Waals surface area contributed by atoms with Gasteiger partial charge in [-0.25, -0.2) is 0 Å². The van der Waals surface area contributed by atoms with Crippen molar-refractivity contribution in [3.8, 4) is 11.5 Å². The van der Waals surface area contributed by atoms with Gasteiger partial charge in [0.25, 0.3) is 0 Å². The first-order valence-electron chi connectivity index (χ1n) is 5.15. The van der Waals surface area contributed by atoms with E-state index in [1.807, 2.05) is 25.1 Å². The van der Waals surface area contributed by atoms with Gasteiger partial charge in [0.15, 0.2) is 0 Å². The second-order valence-corrected chi connectivity index (χ2v) is 4.72. The molecule has 0 saturated heterocycles. The van der Waals surface area contributed by atoms with Crippen molar-refractivity contribution in [3.63, 3.8) is 0 Å². The highest BCUT2D eigenvalue weighted by Gasteiger charge is 2.03. The van der Waals surface area contributed by atoms with Crippen molar-refractivity contribution in [1.82, 2.24) is 0 Å². The molecule has 2 aromatic rings. The molecular formula is C13H13BrN2O. The van der Waals surface area contributed by atoms with Crippen LogP contribution in [0.25, 0.3) is 0 Å². The Kier molecular flexibility index (Phi) is 3.24. The average Bonchev–Trinajstić information content (AvgIpc) is 2.27. The molecule has 0 radical (unpaired) electrons. The van der Waals surface area contributed by atoms with Crippen molar-refractivity contribution in [2.45, 2.75) is 6.92 Å². The fourth-order valence-corrected chi connectivity index (χ4v) is 1.95. The van der Waals surface area contributed by atoms with Crippen LogP contribution in [0.3, 0.4) is 0 Å². The van der Waals surface area contributed by atoms with Crippen LogP contribution in [-0.2, 0) is 0 Å². The number of halogens is 1. The third kappa shape index (κ3) is 2.71. The van der Waals surface area contributed by atoms with Crippen LogP contribution in [0.2, 0.25) is 0 Å². The minimum absolute atomic E-state index is 0.525. The standard InChI is InChI=1S/C13H13BrN2O/c1-8-6-9(14)2-5-13(8)17-10-3-4-11(15)12(16)7-10/h2-7H,15-16H2,1H3. The third-order valence-electron chi connectivity index (χ3n) is 2.42. The normalized spacial score (nSPS) is 10.2. The number of rotatable bonds is 2. The summed E-state index contributed by atoms with van der Waals surface area (Å²) in [5.74, 6) is 1.49. The van der Waals surface area contributed by atoms with Crippen LogP contribution >= 0.6 is 15.9 Å². The molecule has 3 nitrogen and oxygen atoms in total. The molecule has 2 rings (SSSR count). The molecule has 0 aliphatic heterocycles. The van der Waals surface area contributed by atoms with E-state index in [4.69, 9.17) is 16.2 Å². The van der Waals surface area contributed by atoms with Gasteiger partial charge in [0.2, 0.25) is 0 Å². The average molecular weight is 293 g/mol. The molecule has 0 saturated carbocycles. The highest BCUT2D eigenvalue weighted by molar-refractivity contribution is 9.10. The zero-order valence-electron chi connectivity index (χ0n) is 9.41. The minimum atomic E-state index is 0.525. The molecule has 0 aliphatic rings.